The maximum Gasteiger partial charge on any atom is 0.277 e. The number of hydrogen-bond acceptors (Lipinski definition) is 5. The third kappa shape index (κ3) is 5.76. The van der Waals surface area contributed by atoms with Crippen molar-refractivity contribution < 1.29 is 14.4 Å². The average Bonchev–Trinajstić information content (AvgIpc) is 3.01. The summed E-state index contributed by atoms with van der Waals surface area (Å²) in [5.41, 5.74) is 2.40. The third-order valence-corrected chi connectivity index (χ3v) is 6.19. The molecule has 3 rings (SSSR count). The summed E-state index contributed by atoms with van der Waals surface area (Å²) in [5.74, 6) is -0.522. The minimum absolute atomic E-state index is 0.146. The van der Waals surface area contributed by atoms with E-state index in [-0.39, 0.29) is 17.7 Å². The van der Waals surface area contributed by atoms with Gasteiger partial charge in [-0.15, -0.1) is 0 Å². The van der Waals surface area contributed by atoms with Crippen LogP contribution in [0.5, 0.6) is 0 Å². The Bertz CT molecular complexity index is 854. The first-order valence-corrected chi connectivity index (χ1v) is 11.8. The Hall–Kier alpha value is -2.67. The molecule has 1 saturated heterocycles. The van der Waals surface area contributed by atoms with Crippen molar-refractivity contribution in [1.82, 2.24) is 14.7 Å². The van der Waals surface area contributed by atoms with Gasteiger partial charge in [0.1, 0.15) is 5.70 Å². The normalized spacial score (nSPS) is 17.5. The average molecular weight is 441 g/mol. The number of piperazine rings is 1. The summed E-state index contributed by atoms with van der Waals surface area (Å²) in [4.78, 5) is 43.9. The molecule has 0 atom stereocenters. The molecule has 174 valence electrons. The van der Waals surface area contributed by atoms with Crippen LogP contribution in [-0.4, -0.2) is 72.2 Å². The number of likely N-dealkylation sites (N-methyl/N-ethyl adjacent to an activating group) is 1. The van der Waals surface area contributed by atoms with Crippen LogP contribution in [0.3, 0.4) is 0 Å². The molecular formula is C25H36N4O3. The summed E-state index contributed by atoms with van der Waals surface area (Å²) >= 11 is 0. The van der Waals surface area contributed by atoms with Crippen LogP contribution in [0.4, 0.5) is 5.69 Å². The summed E-state index contributed by atoms with van der Waals surface area (Å²) in [6, 6.07) is 7.19. The largest absolute Gasteiger partial charge is 0.364 e. The van der Waals surface area contributed by atoms with E-state index in [9.17, 15) is 14.4 Å². The van der Waals surface area contributed by atoms with Gasteiger partial charge in [-0.1, -0.05) is 51.2 Å². The van der Waals surface area contributed by atoms with Crippen molar-refractivity contribution in [2.75, 3.05) is 45.1 Å². The molecule has 0 saturated carbocycles. The zero-order valence-corrected chi connectivity index (χ0v) is 19.7. The van der Waals surface area contributed by atoms with Crippen LogP contribution in [-0.2, 0) is 14.4 Å². The lowest BCUT2D eigenvalue weighted by Crippen LogP contribution is -2.46. The molecule has 0 bridgehead atoms. The van der Waals surface area contributed by atoms with E-state index >= 15 is 0 Å². The van der Waals surface area contributed by atoms with E-state index in [0.29, 0.717) is 23.5 Å². The molecule has 1 aromatic carbocycles. The number of benzene rings is 1. The SMILES string of the molecule is CCCCCCCCN1C(=O)C(c2ccc(NC(C)=O)cc2)=C(N2CCN(C)CC2)C1=O. The smallest absolute Gasteiger partial charge is 0.277 e. The second kappa shape index (κ2) is 11.3. The number of hydrogen-bond donors (Lipinski definition) is 1. The highest BCUT2D eigenvalue weighted by atomic mass is 16.2. The van der Waals surface area contributed by atoms with E-state index in [4.69, 9.17) is 0 Å². The van der Waals surface area contributed by atoms with Crippen molar-refractivity contribution in [2.24, 2.45) is 0 Å². The molecule has 1 fully saturated rings. The molecule has 3 amide bonds. The van der Waals surface area contributed by atoms with Gasteiger partial charge in [0.2, 0.25) is 5.91 Å². The Labute approximate surface area is 191 Å². The van der Waals surface area contributed by atoms with Crippen LogP contribution in [0.1, 0.15) is 57.9 Å². The summed E-state index contributed by atoms with van der Waals surface area (Å²) in [6.07, 6.45) is 6.64. The molecule has 7 nitrogen and oxygen atoms in total. The Morgan fingerprint density at radius 1 is 0.906 bits per heavy atom. The van der Waals surface area contributed by atoms with Crippen molar-refractivity contribution >= 4 is 29.0 Å². The van der Waals surface area contributed by atoms with Gasteiger partial charge in [-0.3, -0.25) is 19.3 Å². The van der Waals surface area contributed by atoms with E-state index in [2.05, 4.69) is 29.1 Å². The minimum atomic E-state index is -0.204. The zero-order valence-electron chi connectivity index (χ0n) is 19.7. The fourth-order valence-corrected chi connectivity index (χ4v) is 4.32. The van der Waals surface area contributed by atoms with Gasteiger partial charge in [0.05, 0.1) is 5.57 Å². The second-order valence-electron chi connectivity index (χ2n) is 8.80. The van der Waals surface area contributed by atoms with Crippen LogP contribution < -0.4 is 5.32 Å². The number of anilines is 1. The Kier molecular flexibility index (Phi) is 8.45. The van der Waals surface area contributed by atoms with Crippen LogP contribution in [0.2, 0.25) is 0 Å². The predicted octanol–water partition coefficient (Wildman–Crippen LogP) is 3.33. The first-order chi connectivity index (χ1) is 15.4. The van der Waals surface area contributed by atoms with E-state index in [0.717, 1.165) is 51.0 Å². The molecule has 0 radical (unpaired) electrons. The Morgan fingerprint density at radius 2 is 1.53 bits per heavy atom. The molecule has 2 heterocycles. The fourth-order valence-electron chi connectivity index (χ4n) is 4.32. The molecule has 0 unspecified atom stereocenters. The third-order valence-electron chi connectivity index (χ3n) is 6.19. The Balaban J connectivity index is 1.80. The summed E-state index contributed by atoms with van der Waals surface area (Å²) in [6.45, 7) is 7.29. The van der Waals surface area contributed by atoms with Crippen LogP contribution in [0.15, 0.2) is 30.0 Å². The quantitative estimate of drug-likeness (QED) is 0.446. The number of nitrogens with zero attached hydrogens (tertiary/aromatic N) is 3. The number of unbranched alkanes of at least 4 members (excludes halogenated alkanes) is 5. The van der Waals surface area contributed by atoms with Crippen LogP contribution in [0.25, 0.3) is 5.57 Å². The lowest BCUT2D eigenvalue weighted by Gasteiger charge is -2.34. The van der Waals surface area contributed by atoms with Gasteiger partial charge in [0.15, 0.2) is 0 Å². The molecule has 1 N–H and O–H groups in total. The van der Waals surface area contributed by atoms with Crippen LogP contribution >= 0.6 is 0 Å². The molecule has 2 aliphatic rings. The van der Waals surface area contributed by atoms with Crippen molar-refractivity contribution in [2.45, 2.75) is 52.4 Å². The van der Waals surface area contributed by atoms with Gasteiger partial charge >= 0.3 is 0 Å². The number of rotatable bonds is 10. The molecule has 0 aliphatic carbocycles. The van der Waals surface area contributed by atoms with Gasteiger partial charge in [0, 0.05) is 45.3 Å². The molecule has 7 heteroatoms. The first kappa shape index (κ1) is 24.0. The number of carbonyl (C=O) groups excluding carboxylic acids is 3. The predicted molar refractivity (Wildman–Crippen MR) is 127 cm³/mol. The molecule has 32 heavy (non-hydrogen) atoms. The highest BCUT2D eigenvalue weighted by Crippen LogP contribution is 2.33. The number of imide groups is 1. The maximum atomic E-state index is 13.4. The number of nitrogens with one attached hydrogen (secondary N) is 1. The lowest BCUT2D eigenvalue weighted by atomic mass is 10.0. The first-order valence-electron chi connectivity index (χ1n) is 11.8. The molecule has 0 spiro atoms. The minimum Gasteiger partial charge on any atom is -0.364 e. The van der Waals surface area contributed by atoms with Gasteiger partial charge in [0.25, 0.3) is 11.8 Å². The number of amides is 3. The topological polar surface area (TPSA) is 73.0 Å². The molecule has 1 aromatic rings. The Morgan fingerprint density at radius 3 is 2.16 bits per heavy atom. The van der Waals surface area contributed by atoms with E-state index in [1.165, 1.54) is 31.1 Å². The molecular weight excluding hydrogens is 404 g/mol. The zero-order chi connectivity index (χ0) is 23.1. The van der Waals surface area contributed by atoms with E-state index in [1.54, 1.807) is 12.1 Å². The van der Waals surface area contributed by atoms with E-state index in [1.807, 2.05) is 12.1 Å². The number of carbonyl (C=O) groups is 3. The van der Waals surface area contributed by atoms with Crippen molar-refractivity contribution in [3.63, 3.8) is 0 Å². The standard InChI is InChI=1S/C25H36N4O3/c1-4-5-6-7-8-9-14-29-24(31)22(20-10-12-21(13-11-20)26-19(2)30)23(25(29)32)28-17-15-27(3)16-18-28/h10-13H,4-9,14-18H2,1-3H3,(H,26,30). The van der Waals surface area contributed by atoms with Gasteiger partial charge in [-0.25, -0.2) is 0 Å². The lowest BCUT2D eigenvalue weighted by molar-refractivity contribution is -0.137. The van der Waals surface area contributed by atoms with Gasteiger partial charge in [-0.2, -0.15) is 0 Å². The highest BCUT2D eigenvalue weighted by molar-refractivity contribution is 6.35. The summed E-state index contributed by atoms with van der Waals surface area (Å²) < 4.78 is 0. The summed E-state index contributed by atoms with van der Waals surface area (Å²) in [7, 11) is 2.07. The molecule has 0 aromatic heterocycles. The van der Waals surface area contributed by atoms with Crippen molar-refractivity contribution in [3.8, 4) is 0 Å². The van der Waals surface area contributed by atoms with Gasteiger partial charge < -0.3 is 15.1 Å². The molecule has 2 aliphatic heterocycles. The summed E-state index contributed by atoms with van der Waals surface area (Å²) in [5, 5.41) is 2.75. The van der Waals surface area contributed by atoms with Gasteiger partial charge in [-0.05, 0) is 31.2 Å². The fraction of sp³-hybridized carbons (Fsp3) is 0.560. The van der Waals surface area contributed by atoms with Crippen molar-refractivity contribution in [1.29, 1.82) is 0 Å². The maximum absolute atomic E-state index is 13.4. The highest BCUT2D eigenvalue weighted by Gasteiger charge is 2.41. The second-order valence-corrected chi connectivity index (χ2v) is 8.80. The van der Waals surface area contributed by atoms with Crippen LogP contribution in [0, 0.1) is 0 Å². The van der Waals surface area contributed by atoms with Crippen molar-refractivity contribution in [3.05, 3.63) is 35.5 Å². The monoisotopic (exact) mass is 440 g/mol. The van der Waals surface area contributed by atoms with E-state index < -0.39 is 0 Å².